The first-order chi connectivity index (χ1) is 17.5. The van der Waals surface area contributed by atoms with Crippen molar-refractivity contribution in [2.24, 2.45) is 18.7 Å². The number of carbonyl (C=O) groups is 1. The Labute approximate surface area is 209 Å². The normalized spacial score (nSPS) is 20.4. The van der Waals surface area contributed by atoms with Crippen molar-refractivity contribution in [3.63, 3.8) is 0 Å². The number of carbonyl (C=O) groups excluding carboxylic acids is 1. The van der Waals surface area contributed by atoms with E-state index in [9.17, 15) is 9.90 Å². The van der Waals surface area contributed by atoms with E-state index in [-0.39, 0.29) is 24.6 Å². The highest BCUT2D eigenvalue weighted by atomic mass is 16.5. The summed E-state index contributed by atoms with van der Waals surface area (Å²) < 4.78 is 10.1. The van der Waals surface area contributed by atoms with Gasteiger partial charge < -0.3 is 29.6 Å². The standard InChI is InChI=1S/C27H32N6O3/c1-31-24-21(10-18(12-23(24)36-2)27(35)32-14-19(28)7-8-20(32)15-34)30-26(31)22-11-17-4-3-9-29-25(17)33(22)13-16-5-6-16/h3-4,9-12,16,19-20,34H,5-8,13-15,28H2,1-2H3/t19-,20?/m0/s1. The number of benzene rings is 1. The molecule has 2 fully saturated rings. The number of amides is 1. The highest BCUT2D eigenvalue weighted by Gasteiger charge is 2.32. The lowest BCUT2D eigenvalue weighted by Gasteiger charge is -2.37. The Morgan fingerprint density at radius 3 is 2.81 bits per heavy atom. The number of methoxy groups -OCH3 is 1. The predicted octanol–water partition coefficient (Wildman–Crippen LogP) is 2.93. The highest BCUT2D eigenvalue weighted by Crippen LogP contribution is 2.37. The van der Waals surface area contributed by atoms with Gasteiger partial charge in [0.1, 0.15) is 16.9 Å². The molecule has 1 saturated carbocycles. The van der Waals surface area contributed by atoms with Gasteiger partial charge >= 0.3 is 0 Å². The Bertz CT molecular complexity index is 1450. The van der Waals surface area contributed by atoms with Gasteiger partial charge in [-0.3, -0.25) is 4.79 Å². The molecule has 1 aliphatic heterocycles. The molecule has 1 aromatic carbocycles. The molecule has 1 aliphatic carbocycles. The molecule has 36 heavy (non-hydrogen) atoms. The van der Waals surface area contributed by atoms with Crippen LogP contribution in [0.5, 0.6) is 5.75 Å². The molecule has 2 atom stereocenters. The van der Waals surface area contributed by atoms with Crippen molar-refractivity contribution in [2.75, 3.05) is 20.3 Å². The average Bonchev–Trinajstić information content (AvgIpc) is 3.56. The minimum absolute atomic E-state index is 0.0782. The third-order valence-corrected chi connectivity index (χ3v) is 7.64. The summed E-state index contributed by atoms with van der Waals surface area (Å²) in [6, 6.07) is 9.45. The fourth-order valence-electron chi connectivity index (χ4n) is 5.49. The predicted molar refractivity (Wildman–Crippen MR) is 138 cm³/mol. The number of aryl methyl sites for hydroxylation is 1. The summed E-state index contributed by atoms with van der Waals surface area (Å²) in [6.45, 7) is 1.26. The van der Waals surface area contributed by atoms with Crippen molar-refractivity contribution in [1.82, 2.24) is 24.0 Å². The molecular formula is C27H32N6O3. The fourth-order valence-corrected chi connectivity index (χ4v) is 5.49. The molecule has 3 aromatic heterocycles. The number of nitrogens with zero attached hydrogens (tertiary/aromatic N) is 5. The number of aromatic nitrogens is 4. The largest absolute Gasteiger partial charge is 0.494 e. The lowest BCUT2D eigenvalue weighted by Crippen LogP contribution is -2.52. The number of aliphatic hydroxyl groups excluding tert-OH is 1. The van der Waals surface area contributed by atoms with Crippen molar-refractivity contribution < 1.29 is 14.6 Å². The van der Waals surface area contributed by atoms with Crippen LogP contribution < -0.4 is 10.5 Å². The molecule has 4 aromatic rings. The average molecular weight is 489 g/mol. The van der Waals surface area contributed by atoms with E-state index in [0.29, 0.717) is 35.7 Å². The number of nitrogens with two attached hydrogens (primary N) is 1. The van der Waals surface area contributed by atoms with Gasteiger partial charge in [0, 0.05) is 43.3 Å². The van der Waals surface area contributed by atoms with Gasteiger partial charge in [-0.1, -0.05) is 0 Å². The second-order valence-corrected chi connectivity index (χ2v) is 10.2. The van der Waals surface area contributed by atoms with E-state index >= 15 is 0 Å². The van der Waals surface area contributed by atoms with Crippen molar-refractivity contribution >= 4 is 28.0 Å². The van der Waals surface area contributed by atoms with E-state index in [0.717, 1.165) is 41.0 Å². The minimum Gasteiger partial charge on any atom is -0.494 e. The van der Waals surface area contributed by atoms with E-state index in [1.807, 2.05) is 29.9 Å². The number of hydrogen-bond acceptors (Lipinski definition) is 6. The van der Waals surface area contributed by atoms with Crippen LogP contribution in [0.3, 0.4) is 0 Å². The van der Waals surface area contributed by atoms with Crippen LogP contribution in [0.1, 0.15) is 36.0 Å². The van der Waals surface area contributed by atoms with E-state index in [4.69, 9.17) is 15.5 Å². The van der Waals surface area contributed by atoms with Gasteiger partial charge in [0.25, 0.3) is 5.91 Å². The van der Waals surface area contributed by atoms with Crippen molar-refractivity contribution in [1.29, 1.82) is 0 Å². The van der Waals surface area contributed by atoms with Gasteiger partial charge in [-0.05, 0) is 61.9 Å². The second-order valence-electron chi connectivity index (χ2n) is 10.2. The first-order valence-corrected chi connectivity index (χ1v) is 12.6. The summed E-state index contributed by atoms with van der Waals surface area (Å²) in [7, 11) is 3.59. The molecule has 9 heteroatoms. The van der Waals surface area contributed by atoms with Crippen LogP contribution in [0.15, 0.2) is 36.5 Å². The maximum atomic E-state index is 13.5. The molecule has 4 heterocycles. The number of imidazole rings is 1. The molecule has 0 bridgehead atoms. The molecule has 0 radical (unpaired) electrons. The summed E-state index contributed by atoms with van der Waals surface area (Å²) in [4.78, 5) is 24.9. The van der Waals surface area contributed by atoms with Crippen LogP contribution in [0.25, 0.3) is 33.6 Å². The van der Waals surface area contributed by atoms with Crippen molar-refractivity contribution in [2.45, 2.75) is 44.3 Å². The molecule has 3 N–H and O–H groups in total. The number of rotatable bonds is 6. The third-order valence-electron chi connectivity index (χ3n) is 7.64. The number of ether oxygens (including phenoxy) is 1. The first kappa shape index (κ1) is 23.0. The molecule has 6 rings (SSSR count). The number of piperidine rings is 1. The summed E-state index contributed by atoms with van der Waals surface area (Å²) in [5.74, 6) is 1.90. The molecule has 1 amide bonds. The number of pyridine rings is 1. The Balaban J connectivity index is 1.47. The third kappa shape index (κ3) is 3.83. The van der Waals surface area contributed by atoms with Gasteiger partial charge in [-0.25, -0.2) is 9.97 Å². The number of fused-ring (bicyclic) bond motifs is 2. The number of likely N-dealkylation sites (tertiary alicyclic amines) is 1. The van der Waals surface area contributed by atoms with Crippen LogP contribution >= 0.6 is 0 Å². The monoisotopic (exact) mass is 488 g/mol. The molecule has 188 valence electrons. The topological polar surface area (TPSA) is 111 Å². The molecule has 2 aliphatic rings. The first-order valence-electron chi connectivity index (χ1n) is 12.6. The van der Waals surface area contributed by atoms with Gasteiger partial charge in [0.2, 0.25) is 0 Å². The summed E-state index contributed by atoms with van der Waals surface area (Å²) in [6.07, 6.45) is 5.80. The zero-order valence-corrected chi connectivity index (χ0v) is 20.7. The molecule has 0 spiro atoms. The SMILES string of the molecule is COc1cc(C(=O)N2C[C@@H](N)CCC2CO)cc2nc(-c3cc4cccnc4n3CC3CC3)n(C)c12. The second kappa shape index (κ2) is 8.90. The Morgan fingerprint density at radius 2 is 2.06 bits per heavy atom. The summed E-state index contributed by atoms with van der Waals surface area (Å²) in [5.41, 5.74) is 10.1. The van der Waals surface area contributed by atoms with E-state index < -0.39 is 0 Å². The maximum absolute atomic E-state index is 13.5. The molecule has 1 unspecified atom stereocenters. The van der Waals surface area contributed by atoms with Gasteiger partial charge in [-0.2, -0.15) is 0 Å². The Hall–Kier alpha value is -3.43. The van der Waals surface area contributed by atoms with Crippen molar-refractivity contribution in [3.8, 4) is 17.3 Å². The zero-order chi connectivity index (χ0) is 25.0. The quantitative estimate of drug-likeness (QED) is 0.432. The van der Waals surface area contributed by atoms with Crippen LogP contribution in [0.4, 0.5) is 0 Å². The van der Waals surface area contributed by atoms with Crippen LogP contribution in [-0.2, 0) is 13.6 Å². The Morgan fingerprint density at radius 1 is 1.22 bits per heavy atom. The van der Waals surface area contributed by atoms with E-state index in [1.54, 1.807) is 18.1 Å². The zero-order valence-electron chi connectivity index (χ0n) is 20.7. The molecule has 1 saturated heterocycles. The lowest BCUT2D eigenvalue weighted by atomic mass is 9.98. The maximum Gasteiger partial charge on any atom is 0.254 e. The number of hydrogen-bond donors (Lipinski definition) is 2. The van der Waals surface area contributed by atoms with Gasteiger partial charge in [0.15, 0.2) is 5.82 Å². The fraction of sp³-hybridized carbons (Fsp3) is 0.444. The van der Waals surface area contributed by atoms with E-state index in [2.05, 4.69) is 21.7 Å². The van der Waals surface area contributed by atoms with Crippen LogP contribution in [0, 0.1) is 5.92 Å². The van der Waals surface area contributed by atoms with Crippen molar-refractivity contribution in [3.05, 3.63) is 42.1 Å². The number of aliphatic hydroxyl groups is 1. The highest BCUT2D eigenvalue weighted by molar-refractivity contribution is 6.00. The summed E-state index contributed by atoms with van der Waals surface area (Å²) >= 11 is 0. The van der Waals surface area contributed by atoms with Crippen LogP contribution in [-0.4, -0.2) is 67.4 Å². The molecule has 9 nitrogen and oxygen atoms in total. The summed E-state index contributed by atoms with van der Waals surface area (Å²) in [5, 5.41) is 10.9. The smallest absolute Gasteiger partial charge is 0.254 e. The minimum atomic E-state index is -0.232. The van der Waals surface area contributed by atoms with Gasteiger partial charge in [0.05, 0.1) is 31.0 Å². The van der Waals surface area contributed by atoms with E-state index in [1.165, 1.54) is 12.8 Å². The molecular weight excluding hydrogens is 456 g/mol. The van der Waals surface area contributed by atoms with Gasteiger partial charge in [-0.15, -0.1) is 0 Å². The van der Waals surface area contributed by atoms with Crippen LogP contribution in [0.2, 0.25) is 0 Å². The Kier molecular flexibility index (Phi) is 5.69. The lowest BCUT2D eigenvalue weighted by molar-refractivity contribution is 0.0472.